The Kier molecular flexibility index (Phi) is 52.1. The standard InChI is InChI=1S/C69H116O12/c1-4-7-10-13-16-19-22-25-27-29-31-33-35-38-40-43-46-49-52-55-61(70)77-58-60(79-62(71)56-53-50-47-44-42-39-36-34-32-30-28-26-23-20-17-14-11-8-5-2)59-78-69-67(65(74)64(73)66(81-69)68(75)76)80-63(72)57-54-51-48-45-41-37-24-21-18-15-12-9-6-3/h9,12,16-21,25-28,37,41,60,64-67,69,73-74H,4-8,10-11,13-15,22-24,29-36,38-40,42-59H2,1-3H3,(H,75,76)/b12-9-,19-16-,20-17-,21-18-,27-25-,28-26-,41-37-. The van der Waals surface area contributed by atoms with Crippen LogP contribution in [0.15, 0.2) is 85.1 Å². The molecule has 1 aliphatic rings. The van der Waals surface area contributed by atoms with Gasteiger partial charge in [0.05, 0.1) is 6.61 Å². The molecule has 0 amide bonds. The second kappa shape index (κ2) is 56.4. The number of carboxylic acids is 1. The van der Waals surface area contributed by atoms with Crippen molar-refractivity contribution < 1.29 is 58.2 Å². The van der Waals surface area contributed by atoms with E-state index in [9.17, 15) is 34.5 Å². The topological polar surface area (TPSA) is 175 Å². The van der Waals surface area contributed by atoms with Gasteiger partial charge in [-0.3, -0.25) is 14.4 Å². The molecule has 6 atom stereocenters. The number of ether oxygens (including phenoxy) is 5. The summed E-state index contributed by atoms with van der Waals surface area (Å²) in [4.78, 5) is 51.3. The van der Waals surface area contributed by atoms with Gasteiger partial charge in [-0.2, -0.15) is 0 Å². The van der Waals surface area contributed by atoms with E-state index in [1.807, 2.05) is 0 Å². The zero-order valence-electron chi connectivity index (χ0n) is 51.3. The van der Waals surface area contributed by atoms with Crippen molar-refractivity contribution in [3.05, 3.63) is 85.1 Å². The SMILES string of the molecule is CC/C=C\C/C=C\C/C=C\CCCCCC(=O)OC1C(OCC(COC(=O)CCCCCCCCCCC/C=C\C/C=C\CCCCC)OC(=O)CCCCCCCCCCC/C=C\C/C=C\CCCCC)OC(C(=O)O)C(O)C1O. The van der Waals surface area contributed by atoms with Crippen molar-refractivity contribution in [2.45, 2.75) is 314 Å². The van der Waals surface area contributed by atoms with Crippen LogP contribution in [0.1, 0.15) is 278 Å². The second-order valence-electron chi connectivity index (χ2n) is 22.0. The van der Waals surface area contributed by atoms with Crippen molar-refractivity contribution in [1.29, 1.82) is 0 Å². The number of esters is 3. The molecule has 0 aromatic heterocycles. The molecule has 3 N–H and O–H groups in total. The maximum Gasteiger partial charge on any atom is 0.335 e. The molecular weight excluding hydrogens is 1020 g/mol. The Bertz CT molecular complexity index is 1730. The van der Waals surface area contributed by atoms with Crippen LogP contribution < -0.4 is 0 Å². The number of carboxylic acid groups (broad SMARTS) is 1. The van der Waals surface area contributed by atoms with E-state index in [0.717, 1.165) is 109 Å². The maximum atomic E-state index is 13.2. The molecule has 0 aliphatic carbocycles. The number of aliphatic carboxylic acids is 1. The van der Waals surface area contributed by atoms with Gasteiger partial charge in [0, 0.05) is 19.3 Å². The third-order valence-corrected chi connectivity index (χ3v) is 14.4. The molecule has 1 heterocycles. The highest BCUT2D eigenvalue weighted by Gasteiger charge is 2.50. The van der Waals surface area contributed by atoms with Crippen molar-refractivity contribution in [3.8, 4) is 0 Å². The minimum Gasteiger partial charge on any atom is -0.479 e. The molecule has 81 heavy (non-hydrogen) atoms. The molecule has 12 heteroatoms. The normalized spacial score (nSPS) is 18.3. The van der Waals surface area contributed by atoms with Gasteiger partial charge in [0.2, 0.25) is 0 Å². The number of aliphatic hydroxyl groups is 2. The Morgan fingerprint density at radius 1 is 0.420 bits per heavy atom. The number of carbonyl (C=O) groups excluding carboxylic acids is 3. The van der Waals surface area contributed by atoms with Gasteiger partial charge in [0.25, 0.3) is 0 Å². The minimum absolute atomic E-state index is 0.0223. The molecule has 1 rings (SSSR count). The van der Waals surface area contributed by atoms with Crippen molar-refractivity contribution in [2.24, 2.45) is 0 Å². The van der Waals surface area contributed by atoms with Crippen LogP contribution in [0.25, 0.3) is 0 Å². The van der Waals surface area contributed by atoms with Gasteiger partial charge in [0.1, 0.15) is 18.8 Å². The zero-order valence-corrected chi connectivity index (χ0v) is 51.3. The van der Waals surface area contributed by atoms with Crippen molar-refractivity contribution >= 4 is 23.9 Å². The number of hydrogen-bond acceptors (Lipinski definition) is 11. The first kappa shape index (κ1) is 74.9. The van der Waals surface area contributed by atoms with Gasteiger partial charge >= 0.3 is 23.9 Å². The predicted molar refractivity (Wildman–Crippen MR) is 331 cm³/mol. The van der Waals surface area contributed by atoms with E-state index in [1.54, 1.807) is 0 Å². The van der Waals surface area contributed by atoms with Crippen LogP contribution in [-0.4, -0.2) is 89.2 Å². The summed E-state index contributed by atoms with van der Waals surface area (Å²) in [7, 11) is 0. The summed E-state index contributed by atoms with van der Waals surface area (Å²) in [5.74, 6) is -3.16. The first-order valence-electron chi connectivity index (χ1n) is 32.6. The van der Waals surface area contributed by atoms with E-state index in [1.165, 1.54) is 109 Å². The van der Waals surface area contributed by atoms with Crippen molar-refractivity contribution in [2.75, 3.05) is 13.2 Å². The fraction of sp³-hybridized carbons (Fsp3) is 0.739. The number of carbonyl (C=O) groups is 4. The summed E-state index contributed by atoms with van der Waals surface area (Å²) in [6.07, 6.45) is 61.2. The second-order valence-corrected chi connectivity index (χ2v) is 22.0. The van der Waals surface area contributed by atoms with Gasteiger partial charge in [-0.1, -0.05) is 228 Å². The molecule has 12 nitrogen and oxygen atoms in total. The Morgan fingerprint density at radius 2 is 0.778 bits per heavy atom. The molecule has 0 aromatic rings. The van der Waals surface area contributed by atoms with Gasteiger partial charge in [-0.15, -0.1) is 0 Å². The highest BCUT2D eigenvalue weighted by molar-refractivity contribution is 5.74. The smallest absolute Gasteiger partial charge is 0.335 e. The van der Waals surface area contributed by atoms with Crippen LogP contribution in [-0.2, 0) is 42.9 Å². The largest absolute Gasteiger partial charge is 0.479 e. The van der Waals surface area contributed by atoms with Crippen LogP contribution in [0.3, 0.4) is 0 Å². The van der Waals surface area contributed by atoms with Crippen LogP contribution in [0.4, 0.5) is 0 Å². The lowest BCUT2D eigenvalue weighted by atomic mass is 9.98. The number of aliphatic hydroxyl groups excluding tert-OH is 2. The highest BCUT2D eigenvalue weighted by Crippen LogP contribution is 2.26. The van der Waals surface area contributed by atoms with E-state index >= 15 is 0 Å². The molecule has 0 bridgehead atoms. The molecule has 0 aromatic carbocycles. The van der Waals surface area contributed by atoms with Gasteiger partial charge < -0.3 is 39.0 Å². The fourth-order valence-electron chi connectivity index (χ4n) is 9.44. The molecule has 1 fully saturated rings. The van der Waals surface area contributed by atoms with Crippen LogP contribution in [0.5, 0.6) is 0 Å². The third kappa shape index (κ3) is 46.0. The lowest BCUT2D eigenvalue weighted by molar-refractivity contribution is -0.301. The molecule has 1 saturated heterocycles. The zero-order chi connectivity index (χ0) is 58.9. The number of rotatable bonds is 55. The number of hydrogen-bond donors (Lipinski definition) is 3. The lowest BCUT2D eigenvalue weighted by Crippen LogP contribution is -2.61. The molecule has 1 aliphatic heterocycles. The van der Waals surface area contributed by atoms with Crippen molar-refractivity contribution in [3.63, 3.8) is 0 Å². The first-order valence-corrected chi connectivity index (χ1v) is 32.6. The molecule has 464 valence electrons. The Balaban J connectivity index is 2.66. The average Bonchev–Trinajstić information content (AvgIpc) is 3.54. The molecule has 0 radical (unpaired) electrons. The Labute approximate surface area is 492 Å². The van der Waals surface area contributed by atoms with Gasteiger partial charge in [-0.05, 0) is 116 Å². The molecule has 6 unspecified atom stereocenters. The quantitative estimate of drug-likeness (QED) is 0.0228. The monoisotopic (exact) mass is 1140 g/mol. The summed E-state index contributed by atoms with van der Waals surface area (Å²) in [5.41, 5.74) is 0. The third-order valence-electron chi connectivity index (χ3n) is 14.4. The maximum absolute atomic E-state index is 13.2. The lowest BCUT2D eigenvalue weighted by Gasteiger charge is -2.40. The van der Waals surface area contributed by atoms with E-state index in [4.69, 9.17) is 23.7 Å². The average molecular weight is 1140 g/mol. The first-order chi connectivity index (χ1) is 39.6. The van der Waals surface area contributed by atoms with E-state index in [2.05, 4.69) is 106 Å². The summed E-state index contributed by atoms with van der Waals surface area (Å²) >= 11 is 0. The van der Waals surface area contributed by atoms with Gasteiger partial charge in [-0.25, -0.2) is 4.79 Å². The number of unbranched alkanes of at least 4 members (excludes halogenated alkanes) is 27. The summed E-state index contributed by atoms with van der Waals surface area (Å²) in [6, 6.07) is 0. The Hall–Kier alpha value is -4.10. The Morgan fingerprint density at radius 3 is 1.20 bits per heavy atom. The van der Waals surface area contributed by atoms with Crippen LogP contribution in [0, 0.1) is 0 Å². The fourth-order valence-corrected chi connectivity index (χ4v) is 9.44. The predicted octanol–water partition coefficient (Wildman–Crippen LogP) is 17.5. The van der Waals surface area contributed by atoms with E-state index in [-0.39, 0.29) is 25.9 Å². The highest BCUT2D eigenvalue weighted by atomic mass is 16.7. The molecule has 0 spiro atoms. The van der Waals surface area contributed by atoms with E-state index in [0.29, 0.717) is 19.3 Å². The molecule has 0 saturated carbocycles. The summed E-state index contributed by atoms with van der Waals surface area (Å²) in [5, 5.41) is 31.5. The summed E-state index contributed by atoms with van der Waals surface area (Å²) in [6.45, 7) is 5.83. The van der Waals surface area contributed by atoms with Gasteiger partial charge in [0.15, 0.2) is 24.6 Å². The van der Waals surface area contributed by atoms with Crippen molar-refractivity contribution in [1.82, 2.24) is 0 Å². The molecular formula is C69H116O12. The van der Waals surface area contributed by atoms with Crippen LogP contribution in [0.2, 0.25) is 0 Å². The number of allylic oxidation sites excluding steroid dienone is 14. The summed E-state index contributed by atoms with van der Waals surface area (Å²) < 4.78 is 28.5. The van der Waals surface area contributed by atoms with Crippen LogP contribution >= 0.6 is 0 Å². The van der Waals surface area contributed by atoms with E-state index < -0.39 is 67.3 Å². The minimum atomic E-state index is -1.92.